The SMILES string of the molecule is CCNC(=NCCNS(=O)(=O)c1ccn(C)c1)N1CCSC(C)(C)C1. The van der Waals surface area contributed by atoms with Gasteiger partial charge in [0.25, 0.3) is 0 Å². The number of aliphatic imine (C=N–C) groups is 1. The number of hydrogen-bond donors (Lipinski definition) is 2. The van der Waals surface area contributed by atoms with E-state index in [2.05, 4.69) is 33.8 Å². The van der Waals surface area contributed by atoms with Gasteiger partial charge in [-0.05, 0) is 26.8 Å². The van der Waals surface area contributed by atoms with Crippen LogP contribution in [0.5, 0.6) is 0 Å². The molecule has 0 atom stereocenters. The van der Waals surface area contributed by atoms with Crippen LogP contribution in [-0.2, 0) is 17.1 Å². The molecule has 1 aromatic heterocycles. The van der Waals surface area contributed by atoms with E-state index in [0.29, 0.717) is 6.54 Å². The number of thioether (sulfide) groups is 1. The highest BCUT2D eigenvalue weighted by Crippen LogP contribution is 2.29. The minimum Gasteiger partial charge on any atom is -0.357 e. The van der Waals surface area contributed by atoms with E-state index in [1.54, 1.807) is 30.1 Å². The highest BCUT2D eigenvalue weighted by Gasteiger charge is 2.28. The summed E-state index contributed by atoms with van der Waals surface area (Å²) in [6, 6.07) is 1.59. The van der Waals surface area contributed by atoms with Crippen LogP contribution in [-0.4, -0.2) is 67.1 Å². The van der Waals surface area contributed by atoms with Crippen molar-refractivity contribution in [2.24, 2.45) is 12.0 Å². The minimum atomic E-state index is -3.47. The molecule has 0 spiro atoms. The van der Waals surface area contributed by atoms with E-state index in [-0.39, 0.29) is 16.2 Å². The average molecular weight is 388 g/mol. The maximum absolute atomic E-state index is 12.2. The van der Waals surface area contributed by atoms with Crippen LogP contribution >= 0.6 is 11.8 Å². The Morgan fingerprint density at radius 3 is 2.80 bits per heavy atom. The molecule has 1 aliphatic rings. The van der Waals surface area contributed by atoms with Crippen LogP contribution in [0.25, 0.3) is 0 Å². The maximum Gasteiger partial charge on any atom is 0.242 e. The van der Waals surface area contributed by atoms with Gasteiger partial charge in [-0.1, -0.05) is 0 Å². The van der Waals surface area contributed by atoms with Gasteiger partial charge in [0, 0.05) is 56.1 Å². The van der Waals surface area contributed by atoms with Crippen molar-refractivity contribution in [3.63, 3.8) is 0 Å². The van der Waals surface area contributed by atoms with E-state index in [9.17, 15) is 8.42 Å². The molecule has 142 valence electrons. The molecule has 0 aromatic carbocycles. The molecule has 0 aliphatic carbocycles. The van der Waals surface area contributed by atoms with Crippen molar-refractivity contribution in [2.45, 2.75) is 30.4 Å². The van der Waals surface area contributed by atoms with E-state index < -0.39 is 10.0 Å². The summed E-state index contributed by atoms with van der Waals surface area (Å²) >= 11 is 1.97. The second kappa shape index (κ2) is 8.46. The maximum atomic E-state index is 12.2. The lowest BCUT2D eigenvalue weighted by atomic mass is 10.2. The zero-order valence-corrected chi connectivity index (χ0v) is 17.1. The lowest BCUT2D eigenvalue weighted by molar-refractivity contribution is 0.376. The largest absolute Gasteiger partial charge is 0.357 e. The first-order valence-corrected chi connectivity index (χ1v) is 11.0. The Morgan fingerprint density at radius 1 is 1.44 bits per heavy atom. The molecule has 2 N–H and O–H groups in total. The van der Waals surface area contributed by atoms with Crippen molar-refractivity contribution < 1.29 is 8.42 Å². The van der Waals surface area contributed by atoms with Gasteiger partial charge in [-0.15, -0.1) is 0 Å². The fourth-order valence-corrected chi connectivity index (χ4v) is 4.87. The van der Waals surface area contributed by atoms with Crippen LogP contribution in [0.1, 0.15) is 20.8 Å². The van der Waals surface area contributed by atoms with Gasteiger partial charge in [0.2, 0.25) is 10.0 Å². The van der Waals surface area contributed by atoms with Crippen molar-refractivity contribution in [1.29, 1.82) is 0 Å². The topological polar surface area (TPSA) is 78.7 Å². The summed E-state index contributed by atoms with van der Waals surface area (Å²) in [6.07, 6.45) is 3.30. The predicted molar refractivity (Wildman–Crippen MR) is 105 cm³/mol. The number of sulfonamides is 1. The third-order valence-corrected chi connectivity index (χ3v) is 6.58. The fourth-order valence-electron chi connectivity index (χ4n) is 2.68. The molecule has 9 heteroatoms. The molecule has 0 saturated carbocycles. The molecule has 1 saturated heterocycles. The normalized spacial score (nSPS) is 18.4. The second-order valence-electron chi connectivity index (χ2n) is 6.68. The molecular weight excluding hydrogens is 358 g/mol. The van der Waals surface area contributed by atoms with Gasteiger partial charge in [0.15, 0.2) is 5.96 Å². The predicted octanol–water partition coefficient (Wildman–Crippen LogP) is 1.10. The van der Waals surface area contributed by atoms with Crippen LogP contribution in [0.3, 0.4) is 0 Å². The van der Waals surface area contributed by atoms with E-state index >= 15 is 0 Å². The molecule has 7 nitrogen and oxygen atoms in total. The van der Waals surface area contributed by atoms with Crippen LogP contribution in [0.2, 0.25) is 0 Å². The van der Waals surface area contributed by atoms with Crippen molar-refractivity contribution in [2.75, 3.05) is 38.5 Å². The minimum absolute atomic E-state index is 0.198. The lowest BCUT2D eigenvalue weighted by Crippen LogP contribution is -2.51. The molecule has 0 amide bonds. The van der Waals surface area contributed by atoms with E-state index in [0.717, 1.165) is 31.3 Å². The summed E-state index contributed by atoms with van der Waals surface area (Å²) in [7, 11) is -1.67. The molecule has 1 aliphatic heterocycles. The molecule has 0 radical (unpaired) electrons. The Balaban J connectivity index is 1.93. The van der Waals surface area contributed by atoms with Gasteiger partial charge < -0.3 is 14.8 Å². The third-order valence-electron chi connectivity index (χ3n) is 3.84. The highest BCUT2D eigenvalue weighted by molar-refractivity contribution is 8.00. The summed E-state index contributed by atoms with van der Waals surface area (Å²) in [4.78, 5) is 7.13. The smallest absolute Gasteiger partial charge is 0.242 e. The standard InChI is InChI=1S/C16H29N5O2S2/c1-5-17-15(21-10-11-24-16(2,3)13-21)18-7-8-19-25(22,23)14-6-9-20(4)12-14/h6,9,12,19H,5,7-8,10-11,13H2,1-4H3,(H,17,18). The monoisotopic (exact) mass is 387 g/mol. The van der Waals surface area contributed by atoms with Crippen LogP contribution in [0.4, 0.5) is 0 Å². The molecule has 2 rings (SSSR count). The molecule has 0 bridgehead atoms. The number of guanidine groups is 1. The summed E-state index contributed by atoms with van der Waals surface area (Å²) in [6.45, 7) is 9.87. The van der Waals surface area contributed by atoms with Gasteiger partial charge >= 0.3 is 0 Å². The van der Waals surface area contributed by atoms with Crippen molar-refractivity contribution in [3.05, 3.63) is 18.5 Å². The van der Waals surface area contributed by atoms with Gasteiger partial charge in [-0.2, -0.15) is 11.8 Å². The van der Waals surface area contributed by atoms with Crippen molar-refractivity contribution in [1.82, 2.24) is 19.5 Å². The molecule has 2 heterocycles. The van der Waals surface area contributed by atoms with E-state index in [1.165, 1.54) is 0 Å². The van der Waals surface area contributed by atoms with E-state index in [1.807, 2.05) is 18.7 Å². The van der Waals surface area contributed by atoms with Crippen LogP contribution in [0.15, 0.2) is 28.3 Å². The lowest BCUT2D eigenvalue weighted by Gasteiger charge is -2.39. The van der Waals surface area contributed by atoms with Crippen molar-refractivity contribution in [3.8, 4) is 0 Å². The first-order chi connectivity index (χ1) is 11.7. The molecule has 1 aromatic rings. The zero-order chi connectivity index (χ0) is 18.5. The van der Waals surface area contributed by atoms with Crippen molar-refractivity contribution >= 4 is 27.7 Å². The first kappa shape index (κ1) is 20.1. The Morgan fingerprint density at radius 2 is 2.20 bits per heavy atom. The van der Waals surface area contributed by atoms with Gasteiger partial charge in [-0.3, -0.25) is 4.99 Å². The number of nitrogens with zero attached hydrogens (tertiary/aromatic N) is 3. The first-order valence-electron chi connectivity index (χ1n) is 8.52. The molecular formula is C16H29N5O2S2. The second-order valence-corrected chi connectivity index (χ2v) is 10.2. The summed E-state index contributed by atoms with van der Waals surface area (Å²) < 4.78 is 28.9. The number of rotatable bonds is 6. The summed E-state index contributed by atoms with van der Waals surface area (Å²) in [5.41, 5.74) is 0. The Labute approximate surface area is 155 Å². The van der Waals surface area contributed by atoms with Gasteiger partial charge in [0.05, 0.1) is 11.4 Å². The summed E-state index contributed by atoms with van der Waals surface area (Å²) in [5, 5.41) is 3.31. The average Bonchev–Trinajstić information content (AvgIpc) is 2.97. The number of nitrogens with one attached hydrogen (secondary N) is 2. The number of hydrogen-bond acceptors (Lipinski definition) is 4. The third kappa shape index (κ3) is 5.93. The molecule has 1 fully saturated rings. The Bertz CT molecular complexity index is 697. The number of aromatic nitrogens is 1. The van der Waals surface area contributed by atoms with Crippen LogP contribution in [0, 0.1) is 0 Å². The molecule has 25 heavy (non-hydrogen) atoms. The quantitative estimate of drug-likeness (QED) is 0.434. The highest BCUT2D eigenvalue weighted by atomic mass is 32.2. The Hall–Kier alpha value is -1.19. The van der Waals surface area contributed by atoms with E-state index in [4.69, 9.17) is 0 Å². The summed E-state index contributed by atoms with van der Waals surface area (Å²) in [5.74, 6) is 1.92. The van der Waals surface area contributed by atoms with Gasteiger partial charge in [0.1, 0.15) is 0 Å². The fraction of sp³-hybridized carbons (Fsp3) is 0.688. The number of aryl methyl sites for hydroxylation is 1. The van der Waals surface area contributed by atoms with Crippen LogP contribution < -0.4 is 10.0 Å². The Kier molecular flexibility index (Phi) is 6.81. The van der Waals surface area contributed by atoms with Gasteiger partial charge in [-0.25, -0.2) is 13.1 Å². The molecule has 0 unspecified atom stereocenters. The zero-order valence-electron chi connectivity index (χ0n) is 15.4.